The van der Waals surface area contributed by atoms with Crippen LogP contribution in [0.25, 0.3) is 0 Å². The Balaban J connectivity index is 2.46. The lowest BCUT2D eigenvalue weighted by atomic mass is 9.99. The van der Waals surface area contributed by atoms with Crippen LogP contribution in [0.4, 0.5) is 0 Å². The predicted octanol–water partition coefficient (Wildman–Crippen LogP) is 1.58. The van der Waals surface area contributed by atoms with Crippen molar-refractivity contribution < 1.29 is 9.59 Å². The van der Waals surface area contributed by atoms with E-state index in [-0.39, 0.29) is 11.8 Å². The molecule has 122 valence electrons. The van der Waals surface area contributed by atoms with Crippen molar-refractivity contribution in [3.63, 3.8) is 0 Å². The number of piperidine rings is 1. The highest BCUT2D eigenvalue weighted by Crippen LogP contribution is 2.20. The molecule has 0 bridgehead atoms. The highest BCUT2D eigenvalue weighted by atomic mass is 16.2. The van der Waals surface area contributed by atoms with E-state index in [4.69, 9.17) is 0 Å². The number of carbonyl (C=O) groups excluding carboxylic acids is 2. The molecule has 0 radical (unpaired) electrons. The van der Waals surface area contributed by atoms with Gasteiger partial charge in [0.25, 0.3) is 0 Å². The second kappa shape index (κ2) is 9.03. The summed E-state index contributed by atoms with van der Waals surface area (Å²) in [5.41, 5.74) is 0. The third-order valence-corrected chi connectivity index (χ3v) is 4.28. The molecule has 1 unspecified atom stereocenters. The summed E-state index contributed by atoms with van der Waals surface area (Å²) in [6, 6.07) is 0.402. The van der Waals surface area contributed by atoms with Crippen molar-refractivity contribution in [3.8, 4) is 0 Å². The van der Waals surface area contributed by atoms with E-state index in [1.807, 2.05) is 19.0 Å². The summed E-state index contributed by atoms with van der Waals surface area (Å²) >= 11 is 0. The van der Waals surface area contributed by atoms with Crippen LogP contribution in [0.15, 0.2) is 0 Å². The van der Waals surface area contributed by atoms with E-state index in [0.29, 0.717) is 25.6 Å². The van der Waals surface area contributed by atoms with Crippen molar-refractivity contribution in [1.82, 2.24) is 14.7 Å². The van der Waals surface area contributed by atoms with Gasteiger partial charge in [-0.15, -0.1) is 0 Å². The molecule has 21 heavy (non-hydrogen) atoms. The maximum absolute atomic E-state index is 12.4. The molecule has 0 saturated carbocycles. The molecule has 2 amide bonds. The van der Waals surface area contributed by atoms with Gasteiger partial charge in [0.1, 0.15) is 0 Å². The zero-order valence-corrected chi connectivity index (χ0v) is 14.1. The largest absolute Gasteiger partial charge is 0.341 e. The van der Waals surface area contributed by atoms with Gasteiger partial charge in [0, 0.05) is 45.6 Å². The third-order valence-electron chi connectivity index (χ3n) is 4.28. The molecule has 1 rings (SSSR count). The summed E-state index contributed by atoms with van der Waals surface area (Å²) in [6.07, 6.45) is 4.94. The number of likely N-dealkylation sites (N-methyl/N-ethyl adjacent to an activating group) is 1. The van der Waals surface area contributed by atoms with Crippen LogP contribution in [0.3, 0.4) is 0 Å². The maximum Gasteiger partial charge on any atom is 0.224 e. The SMILES string of the molecule is CCC1CCCCN1C(=O)CCN(CCN(C)C)C(C)=O. The Kier molecular flexibility index (Phi) is 7.72. The fourth-order valence-electron chi connectivity index (χ4n) is 2.87. The minimum absolute atomic E-state index is 0.0512. The van der Waals surface area contributed by atoms with Crippen molar-refractivity contribution in [2.45, 2.75) is 52.0 Å². The molecular weight excluding hydrogens is 266 g/mol. The molecule has 5 nitrogen and oxygen atoms in total. The fraction of sp³-hybridized carbons (Fsp3) is 0.875. The van der Waals surface area contributed by atoms with Gasteiger partial charge in [-0.25, -0.2) is 0 Å². The summed E-state index contributed by atoms with van der Waals surface area (Å²) in [6.45, 7) is 6.66. The van der Waals surface area contributed by atoms with Crippen LogP contribution in [0.5, 0.6) is 0 Å². The Morgan fingerprint density at radius 2 is 1.86 bits per heavy atom. The van der Waals surface area contributed by atoms with Crippen LogP contribution in [0.2, 0.25) is 0 Å². The lowest BCUT2D eigenvalue weighted by molar-refractivity contribution is -0.136. The van der Waals surface area contributed by atoms with E-state index in [2.05, 4.69) is 11.8 Å². The van der Waals surface area contributed by atoms with Gasteiger partial charge in [0.2, 0.25) is 11.8 Å². The van der Waals surface area contributed by atoms with Gasteiger partial charge in [-0.2, -0.15) is 0 Å². The second-order valence-electron chi connectivity index (χ2n) is 6.20. The van der Waals surface area contributed by atoms with Gasteiger partial charge in [0.05, 0.1) is 0 Å². The number of hydrogen-bond acceptors (Lipinski definition) is 3. The molecule has 0 spiro atoms. The summed E-state index contributed by atoms with van der Waals surface area (Å²) in [5, 5.41) is 0. The average Bonchev–Trinajstić information content (AvgIpc) is 2.46. The summed E-state index contributed by atoms with van der Waals surface area (Å²) < 4.78 is 0. The number of amides is 2. The molecule has 1 aliphatic rings. The van der Waals surface area contributed by atoms with Gasteiger partial charge in [0.15, 0.2) is 0 Å². The summed E-state index contributed by atoms with van der Waals surface area (Å²) in [7, 11) is 3.98. The normalized spacial score (nSPS) is 18.9. The second-order valence-corrected chi connectivity index (χ2v) is 6.20. The van der Waals surface area contributed by atoms with Crippen molar-refractivity contribution in [1.29, 1.82) is 0 Å². The first-order valence-corrected chi connectivity index (χ1v) is 8.15. The first-order chi connectivity index (χ1) is 9.95. The quantitative estimate of drug-likeness (QED) is 0.716. The molecule has 1 heterocycles. The standard InChI is InChI=1S/C16H31N3O2/c1-5-15-8-6-7-10-19(15)16(21)9-11-18(14(2)20)13-12-17(3)4/h15H,5-13H2,1-4H3. The third kappa shape index (κ3) is 6.04. The summed E-state index contributed by atoms with van der Waals surface area (Å²) in [5.74, 6) is 0.257. The monoisotopic (exact) mass is 297 g/mol. The molecule has 0 aliphatic carbocycles. The molecule has 0 N–H and O–H groups in total. The number of rotatable bonds is 7. The van der Waals surface area contributed by atoms with E-state index in [1.165, 1.54) is 6.42 Å². The fourth-order valence-corrected chi connectivity index (χ4v) is 2.87. The van der Waals surface area contributed by atoms with E-state index >= 15 is 0 Å². The number of likely N-dealkylation sites (tertiary alicyclic amines) is 1. The van der Waals surface area contributed by atoms with Crippen molar-refractivity contribution >= 4 is 11.8 Å². The Labute approximate surface area is 129 Å². The van der Waals surface area contributed by atoms with E-state index in [0.717, 1.165) is 32.4 Å². The van der Waals surface area contributed by atoms with Crippen LogP contribution in [0, 0.1) is 0 Å². The Bertz CT molecular complexity index is 344. The Morgan fingerprint density at radius 1 is 1.14 bits per heavy atom. The van der Waals surface area contributed by atoms with Crippen LogP contribution < -0.4 is 0 Å². The number of carbonyl (C=O) groups is 2. The van der Waals surface area contributed by atoms with E-state index in [1.54, 1.807) is 11.8 Å². The van der Waals surface area contributed by atoms with Crippen molar-refractivity contribution in [2.75, 3.05) is 40.3 Å². The smallest absolute Gasteiger partial charge is 0.224 e. The topological polar surface area (TPSA) is 43.9 Å². The minimum atomic E-state index is 0.0512. The number of nitrogens with zero attached hydrogens (tertiary/aromatic N) is 3. The molecule has 1 aliphatic heterocycles. The van der Waals surface area contributed by atoms with Gasteiger partial charge >= 0.3 is 0 Å². The number of hydrogen-bond donors (Lipinski definition) is 0. The zero-order chi connectivity index (χ0) is 15.8. The molecule has 1 fully saturated rings. The van der Waals surface area contributed by atoms with Crippen LogP contribution in [0.1, 0.15) is 46.0 Å². The van der Waals surface area contributed by atoms with Gasteiger partial charge in [-0.3, -0.25) is 9.59 Å². The molecule has 5 heteroatoms. The molecule has 0 aromatic carbocycles. The molecule has 1 atom stereocenters. The van der Waals surface area contributed by atoms with Crippen LogP contribution in [-0.2, 0) is 9.59 Å². The maximum atomic E-state index is 12.4. The highest BCUT2D eigenvalue weighted by molar-refractivity contribution is 5.78. The molecule has 0 aromatic heterocycles. The van der Waals surface area contributed by atoms with Crippen molar-refractivity contribution in [2.24, 2.45) is 0 Å². The molecule has 1 saturated heterocycles. The zero-order valence-electron chi connectivity index (χ0n) is 14.1. The Morgan fingerprint density at radius 3 is 2.43 bits per heavy atom. The summed E-state index contributed by atoms with van der Waals surface area (Å²) in [4.78, 5) is 29.9. The van der Waals surface area contributed by atoms with E-state index in [9.17, 15) is 9.59 Å². The minimum Gasteiger partial charge on any atom is -0.341 e. The first-order valence-electron chi connectivity index (χ1n) is 8.15. The highest BCUT2D eigenvalue weighted by Gasteiger charge is 2.25. The first kappa shape index (κ1) is 18.0. The van der Waals surface area contributed by atoms with Gasteiger partial charge in [-0.1, -0.05) is 6.92 Å². The predicted molar refractivity (Wildman–Crippen MR) is 85.1 cm³/mol. The van der Waals surface area contributed by atoms with Crippen LogP contribution in [-0.4, -0.2) is 72.8 Å². The molecular formula is C16H31N3O2. The lowest BCUT2D eigenvalue weighted by Crippen LogP contribution is -2.45. The average molecular weight is 297 g/mol. The van der Waals surface area contributed by atoms with Crippen molar-refractivity contribution in [3.05, 3.63) is 0 Å². The Hall–Kier alpha value is -1.10. The lowest BCUT2D eigenvalue weighted by Gasteiger charge is -2.36. The van der Waals surface area contributed by atoms with Gasteiger partial charge < -0.3 is 14.7 Å². The van der Waals surface area contributed by atoms with E-state index < -0.39 is 0 Å². The molecule has 0 aromatic rings. The van der Waals surface area contributed by atoms with Crippen LogP contribution >= 0.6 is 0 Å². The van der Waals surface area contributed by atoms with Gasteiger partial charge in [-0.05, 0) is 39.8 Å².